The highest BCUT2D eigenvalue weighted by Crippen LogP contribution is 2.23. The van der Waals surface area contributed by atoms with Crippen LogP contribution in [-0.4, -0.2) is 38.0 Å². The van der Waals surface area contributed by atoms with Gasteiger partial charge in [0.1, 0.15) is 0 Å². The Bertz CT molecular complexity index is 311. The Morgan fingerprint density at radius 2 is 1.76 bits per heavy atom. The summed E-state index contributed by atoms with van der Waals surface area (Å²) in [5.74, 6) is 1.31. The second-order valence-corrected chi connectivity index (χ2v) is 5.67. The molecule has 0 aromatic carbocycles. The Balaban J connectivity index is 2.17. The Hall–Kier alpha value is -1.26. The van der Waals surface area contributed by atoms with Gasteiger partial charge in [0.25, 0.3) is 0 Å². The van der Waals surface area contributed by atoms with Gasteiger partial charge in [-0.3, -0.25) is 9.79 Å². The molecule has 1 amide bonds. The van der Waals surface area contributed by atoms with Crippen molar-refractivity contribution in [2.45, 2.75) is 58.8 Å². The van der Waals surface area contributed by atoms with E-state index in [0.29, 0.717) is 6.54 Å². The predicted molar refractivity (Wildman–Crippen MR) is 88.5 cm³/mol. The van der Waals surface area contributed by atoms with Crippen molar-refractivity contribution in [1.82, 2.24) is 16.0 Å². The summed E-state index contributed by atoms with van der Waals surface area (Å²) in [5.41, 5.74) is 0. The van der Waals surface area contributed by atoms with Gasteiger partial charge >= 0.3 is 0 Å². The van der Waals surface area contributed by atoms with Gasteiger partial charge in [-0.1, -0.05) is 32.6 Å². The van der Waals surface area contributed by atoms with Crippen molar-refractivity contribution < 1.29 is 4.79 Å². The number of aliphatic imine (C=N–C) groups is 1. The van der Waals surface area contributed by atoms with Crippen LogP contribution in [0.1, 0.15) is 58.8 Å². The van der Waals surface area contributed by atoms with Crippen molar-refractivity contribution >= 4 is 11.9 Å². The molecule has 5 heteroatoms. The molecule has 0 radical (unpaired) electrons. The third-order valence-electron chi connectivity index (χ3n) is 3.82. The van der Waals surface area contributed by atoms with Crippen LogP contribution >= 0.6 is 0 Å². The van der Waals surface area contributed by atoms with Crippen LogP contribution in [0.25, 0.3) is 0 Å². The number of guanidine groups is 1. The van der Waals surface area contributed by atoms with Crippen molar-refractivity contribution in [3.05, 3.63) is 0 Å². The summed E-state index contributed by atoms with van der Waals surface area (Å²) in [6, 6.07) is 0. The first-order valence-electron chi connectivity index (χ1n) is 8.57. The lowest BCUT2D eigenvalue weighted by molar-refractivity contribution is -0.125. The van der Waals surface area contributed by atoms with Crippen molar-refractivity contribution in [1.29, 1.82) is 0 Å². The number of unbranched alkanes of at least 4 members (excludes halogenated alkanes) is 1. The zero-order chi connectivity index (χ0) is 15.3. The van der Waals surface area contributed by atoms with Crippen LogP contribution in [-0.2, 0) is 4.79 Å². The highest BCUT2D eigenvalue weighted by atomic mass is 16.1. The molecule has 0 atom stereocenters. The monoisotopic (exact) mass is 296 g/mol. The summed E-state index contributed by atoms with van der Waals surface area (Å²) in [6.07, 6.45) is 8.05. The van der Waals surface area contributed by atoms with E-state index < -0.39 is 0 Å². The maximum Gasteiger partial charge on any atom is 0.223 e. The second kappa shape index (κ2) is 11.4. The van der Waals surface area contributed by atoms with Crippen LogP contribution in [0.15, 0.2) is 4.99 Å². The summed E-state index contributed by atoms with van der Waals surface area (Å²) in [6.45, 7) is 7.30. The molecule has 1 aliphatic rings. The topological polar surface area (TPSA) is 65.5 Å². The van der Waals surface area contributed by atoms with E-state index in [-0.39, 0.29) is 11.8 Å². The van der Waals surface area contributed by atoms with Crippen LogP contribution < -0.4 is 16.0 Å². The standard InChI is InChI=1S/C16H32N4O/c1-3-5-11-19-16(17-4-2)20-13-12-18-15(21)14-9-7-6-8-10-14/h14H,3-13H2,1-2H3,(H,18,21)(H2,17,19,20). The molecule has 0 spiro atoms. The lowest BCUT2D eigenvalue weighted by Crippen LogP contribution is -2.42. The van der Waals surface area contributed by atoms with E-state index in [4.69, 9.17) is 0 Å². The first-order valence-corrected chi connectivity index (χ1v) is 8.57. The van der Waals surface area contributed by atoms with Gasteiger partial charge in [0.15, 0.2) is 5.96 Å². The zero-order valence-corrected chi connectivity index (χ0v) is 13.7. The molecule has 1 saturated carbocycles. The highest BCUT2D eigenvalue weighted by Gasteiger charge is 2.20. The predicted octanol–water partition coefficient (Wildman–Crippen LogP) is 2.04. The molecule has 0 bridgehead atoms. The normalized spacial score (nSPS) is 16.6. The SMILES string of the molecule is CCCCN=C(NCC)NCCNC(=O)C1CCCCC1. The van der Waals surface area contributed by atoms with E-state index in [9.17, 15) is 4.79 Å². The molecule has 0 saturated heterocycles. The Kier molecular flexibility index (Phi) is 9.66. The molecule has 0 heterocycles. The first kappa shape index (κ1) is 17.8. The summed E-state index contributed by atoms with van der Waals surface area (Å²) >= 11 is 0. The lowest BCUT2D eigenvalue weighted by atomic mass is 9.89. The largest absolute Gasteiger partial charge is 0.357 e. The Morgan fingerprint density at radius 3 is 2.43 bits per heavy atom. The number of amides is 1. The van der Waals surface area contributed by atoms with E-state index in [0.717, 1.165) is 51.3 Å². The molecule has 1 fully saturated rings. The fourth-order valence-corrected chi connectivity index (χ4v) is 2.57. The lowest BCUT2D eigenvalue weighted by Gasteiger charge is -2.21. The maximum atomic E-state index is 12.0. The van der Waals surface area contributed by atoms with Crippen LogP contribution in [0.2, 0.25) is 0 Å². The average molecular weight is 296 g/mol. The molecule has 0 unspecified atom stereocenters. The van der Waals surface area contributed by atoms with Crippen molar-refractivity contribution in [2.24, 2.45) is 10.9 Å². The molecular formula is C16H32N4O. The summed E-state index contributed by atoms with van der Waals surface area (Å²) < 4.78 is 0. The van der Waals surface area contributed by atoms with Crippen LogP contribution in [0, 0.1) is 5.92 Å². The van der Waals surface area contributed by atoms with E-state index >= 15 is 0 Å². The van der Waals surface area contributed by atoms with Crippen LogP contribution in [0.3, 0.4) is 0 Å². The van der Waals surface area contributed by atoms with Gasteiger partial charge < -0.3 is 16.0 Å². The molecule has 1 aliphatic carbocycles. The van der Waals surface area contributed by atoms with Gasteiger partial charge in [0.2, 0.25) is 5.91 Å². The molecule has 5 nitrogen and oxygen atoms in total. The fourth-order valence-electron chi connectivity index (χ4n) is 2.57. The van der Waals surface area contributed by atoms with Gasteiger partial charge in [-0.05, 0) is 26.2 Å². The quantitative estimate of drug-likeness (QED) is 0.365. The minimum Gasteiger partial charge on any atom is -0.357 e. The minimum absolute atomic E-state index is 0.226. The molecule has 0 aromatic heterocycles. The molecular weight excluding hydrogens is 264 g/mol. The van der Waals surface area contributed by atoms with Crippen molar-refractivity contribution in [2.75, 3.05) is 26.2 Å². The van der Waals surface area contributed by atoms with E-state index in [1.165, 1.54) is 19.3 Å². The Morgan fingerprint density at radius 1 is 1.05 bits per heavy atom. The van der Waals surface area contributed by atoms with Crippen molar-refractivity contribution in [3.8, 4) is 0 Å². The summed E-state index contributed by atoms with van der Waals surface area (Å²) in [4.78, 5) is 16.5. The summed E-state index contributed by atoms with van der Waals surface area (Å²) in [5, 5.41) is 9.51. The third-order valence-corrected chi connectivity index (χ3v) is 3.82. The van der Waals surface area contributed by atoms with Gasteiger partial charge in [0, 0.05) is 32.1 Å². The molecule has 0 aliphatic heterocycles. The summed E-state index contributed by atoms with van der Waals surface area (Å²) in [7, 11) is 0. The van der Waals surface area contributed by atoms with E-state index in [1.54, 1.807) is 0 Å². The highest BCUT2D eigenvalue weighted by molar-refractivity contribution is 5.80. The fraction of sp³-hybridized carbons (Fsp3) is 0.875. The van der Waals surface area contributed by atoms with Gasteiger partial charge in [0.05, 0.1) is 0 Å². The van der Waals surface area contributed by atoms with Gasteiger partial charge in [-0.15, -0.1) is 0 Å². The van der Waals surface area contributed by atoms with Crippen molar-refractivity contribution in [3.63, 3.8) is 0 Å². The molecule has 1 rings (SSSR count). The Labute approximate surface area is 129 Å². The number of rotatable bonds is 8. The molecule has 0 aromatic rings. The third kappa shape index (κ3) is 7.93. The molecule has 122 valence electrons. The number of nitrogens with one attached hydrogen (secondary N) is 3. The smallest absolute Gasteiger partial charge is 0.223 e. The molecule has 21 heavy (non-hydrogen) atoms. The second-order valence-electron chi connectivity index (χ2n) is 5.67. The number of carbonyl (C=O) groups is 1. The first-order chi connectivity index (χ1) is 10.3. The average Bonchev–Trinajstić information content (AvgIpc) is 2.52. The number of hydrogen-bond donors (Lipinski definition) is 3. The van der Waals surface area contributed by atoms with Gasteiger partial charge in [-0.2, -0.15) is 0 Å². The number of carbonyl (C=O) groups excluding carboxylic acids is 1. The van der Waals surface area contributed by atoms with Gasteiger partial charge in [-0.25, -0.2) is 0 Å². The van der Waals surface area contributed by atoms with E-state index in [1.807, 2.05) is 0 Å². The van der Waals surface area contributed by atoms with Crippen LogP contribution in [0.5, 0.6) is 0 Å². The zero-order valence-electron chi connectivity index (χ0n) is 13.7. The van der Waals surface area contributed by atoms with E-state index in [2.05, 4.69) is 34.8 Å². The van der Waals surface area contributed by atoms with Crippen LogP contribution in [0.4, 0.5) is 0 Å². The number of nitrogens with zero attached hydrogens (tertiary/aromatic N) is 1. The minimum atomic E-state index is 0.226. The molecule has 3 N–H and O–H groups in total. The maximum absolute atomic E-state index is 12.0. The number of hydrogen-bond acceptors (Lipinski definition) is 2.